The highest BCUT2D eigenvalue weighted by Gasteiger charge is 2.10. The predicted molar refractivity (Wildman–Crippen MR) is 73.6 cm³/mol. The molecule has 0 unspecified atom stereocenters. The minimum absolute atomic E-state index is 0.294. The lowest BCUT2D eigenvalue weighted by Crippen LogP contribution is -1.84. The van der Waals surface area contributed by atoms with Crippen LogP contribution in [-0.2, 0) is 0 Å². The molecule has 3 heteroatoms. The smallest absolute Gasteiger partial charge is 0.165 e. The molecule has 3 rings (SSSR count). The zero-order chi connectivity index (χ0) is 12.7. The van der Waals surface area contributed by atoms with Crippen LogP contribution in [0.4, 0.5) is 4.39 Å². The van der Waals surface area contributed by atoms with Gasteiger partial charge in [0.1, 0.15) is 0 Å². The van der Waals surface area contributed by atoms with Crippen molar-refractivity contribution in [3.63, 3.8) is 0 Å². The van der Waals surface area contributed by atoms with Gasteiger partial charge in [0.25, 0.3) is 0 Å². The lowest BCUT2D eigenvalue weighted by atomic mass is 10.1. The highest BCUT2D eigenvalue weighted by molar-refractivity contribution is 7.22. The van der Waals surface area contributed by atoms with E-state index >= 15 is 0 Å². The number of thiophene rings is 1. The fraction of sp³-hybridized carbons (Fsp3) is 0.0667. The first-order chi connectivity index (χ1) is 8.65. The van der Waals surface area contributed by atoms with Crippen LogP contribution in [0.5, 0.6) is 5.75 Å². The molecule has 18 heavy (non-hydrogen) atoms. The number of halogens is 1. The molecule has 0 fully saturated rings. The second-order valence-corrected chi connectivity index (χ2v) is 5.35. The van der Waals surface area contributed by atoms with Crippen LogP contribution in [0, 0.1) is 12.7 Å². The first kappa shape index (κ1) is 11.2. The molecule has 0 radical (unpaired) electrons. The van der Waals surface area contributed by atoms with Gasteiger partial charge in [-0.1, -0.05) is 18.2 Å². The van der Waals surface area contributed by atoms with Gasteiger partial charge >= 0.3 is 0 Å². The van der Waals surface area contributed by atoms with Gasteiger partial charge in [-0.2, -0.15) is 0 Å². The monoisotopic (exact) mass is 258 g/mol. The summed E-state index contributed by atoms with van der Waals surface area (Å²) in [5.74, 6) is -0.870. The largest absolute Gasteiger partial charge is 0.505 e. The SMILES string of the molecule is Cc1cc(O)c(F)cc1-c1cc2ccccc2s1. The van der Waals surface area contributed by atoms with Gasteiger partial charge in [-0.15, -0.1) is 11.3 Å². The van der Waals surface area contributed by atoms with E-state index in [1.807, 2.05) is 25.1 Å². The van der Waals surface area contributed by atoms with Crippen molar-refractivity contribution in [2.45, 2.75) is 6.92 Å². The zero-order valence-corrected chi connectivity index (χ0v) is 10.6. The maximum atomic E-state index is 13.5. The van der Waals surface area contributed by atoms with Gasteiger partial charge in [-0.25, -0.2) is 4.39 Å². The molecule has 0 amide bonds. The molecular weight excluding hydrogens is 247 g/mol. The first-order valence-corrected chi connectivity index (χ1v) is 6.45. The molecule has 0 atom stereocenters. The molecule has 1 nitrogen and oxygen atoms in total. The summed E-state index contributed by atoms with van der Waals surface area (Å²) in [7, 11) is 0. The van der Waals surface area contributed by atoms with Crippen molar-refractivity contribution in [3.05, 3.63) is 53.8 Å². The molecule has 1 aromatic heterocycles. The highest BCUT2D eigenvalue weighted by atomic mass is 32.1. The number of rotatable bonds is 1. The molecule has 0 aliphatic heterocycles. The van der Waals surface area contributed by atoms with Gasteiger partial charge < -0.3 is 5.11 Å². The Kier molecular flexibility index (Phi) is 2.56. The summed E-state index contributed by atoms with van der Waals surface area (Å²) in [6, 6.07) is 13.0. The number of benzene rings is 2. The second-order valence-electron chi connectivity index (χ2n) is 4.27. The summed E-state index contributed by atoms with van der Waals surface area (Å²) in [6.45, 7) is 1.87. The summed E-state index contributed by atoms with van der Waals surface area (Å²) < 4.78 is 14.6. The maximum absolute atomic E-state index is 13.5. The van der Waals surface area contributed by atoms with Crippen molar-refractivity contribution < 1.29 is 9.50 Å². The topological polar surface area (TPSA) is 20.2 Å². The van der Waals surface area contributed by atoms with Gasteiger partial charge in [0.2, 0.25) is 0 Å². The summed E-state index contributed by atoms with van der Waals surface area (Å²) >= 11 is 1.63. The van der Waals surface area contributed by atoms with Gasteiger partial charge in [0.15, 0.2) is 11.6 Å². The van der Waals surface area contributed by atoms with Crippen molar-refractivity contribution in [2.24, 2.45) is 0 Å². The van der Waals surface area contributed by atoms with E-state index in [1.54, 1.807) is 11.3 Å². The van der Waals surface area contributed by atoms with Crippen molar-refractivity contribution >= 4 is 21.4 Å². The number of hydrogen-bond acceptors (Lipinski definition) is 2. The van der Waals surface area contributed by atoms with Crippen LogP contribution in [0.25, 0.3) is 20.5 Å². The number of phenolic OH excluding ortho intramolecular Hbond substituents is 1. The summed E-state index contributed by atoms with van der Waals surface area (Å²) in [5.41, 5.74) is 1.71. The molecule has 0 saturated carbocycles. The third-order valence-electron chi connectivity index (χ3n) is 2.98. The third-order valence-corrected chi connectivity index (χ3v) is 4.13. The van der Waals surface area contributed by atoms with E-state index in [0.29, 0.717) is 0 Å². The summed E-state index contributed by atoms with van der Waals surface area (Å²) in [4.78, 5) is 1.02. The minimum Gasteiger partial charge on any atom is -0.505 e. The van der Waals surface area contributed by atoms with Gasteiger partial charge in [-0.3, -0.25) is 0 Å². The molecule has 1 N–H and O–H groups in total. The normalized spacial score (nSPS) is 11.0. The van der Waals surface area contributed by atoms with Crippen molar-refractivity contribution in [1.82, 2.24) is 0 Å². The molecule has 0 aliphatic rings. The summed E-state index contributed by atoms with van der Waals surface area (Å²) in [6.07, 6.45) is 0. The average Bonchev–Trinajstić information content (AvgIpc) is 2.77. The predicted octanol–water partition coefficient (Wildman–Crippen LogP) is 4.72. The molecule has 2 aromatic carbocycles. The van der Waals surface area contributed by atoms with Crippen LogP contribution in [-0.4, -0.2) is 5.11 Å². The lowest BCUT2D eigenvalue weighted by molar-refractivity contribution is 0.432. The van der Waals surface area contributed by atoms with E-state index in [1.165, 1.54) is 16.8 Å². The Labute approximate surface area is 108 Å². The Morgan fingerprint density at radius 2 is 1.89 bits per heavy atom. The standard InChI is InChI=1S/C15H11FOS/c1-9-6-13(17)12(16)8-11(9)15-7-10-4-2-3-5-14(10)18-15/h2-8,17H,1H3. The van der Waals surface area contributed by atoms with E-state index in [0.717, 1.165) is 21.4 Å². The quantitative estimate of drug-likeness (QED) is 0.669. The van der Waals surface area contributed by atoms with E-state index < -0.39 is 5.82 Å². The number of aromatic hydroxyl groups is 1. The molecule has 3 aromatic rings. The Morgan fingerprint density at radius 1 is 1.11 bits per heavy atom. The fourth-order valence-corrected chi connectivity index (χ4v) is 3.19. The van der Waals surface area contributed by atoms with Crippen LogP contribution in [0.1, 0.15) is 5.56 Å². The highest BCUT2D eigenvalue weighted by Crippen LogP contribution is 2.36. The number of fused-ring (bicyclic) bond motifs is 1. The van der Waals surface area contributed by atoms with Gasteiger partial charge in [-0.05, 0) is 47.7 Å². The zero-order valence-electron chi connectivity index (χ0n) is 9.77. The number of hydrogen-bond donors (Lipinski definition) is 1. The number of phenols is 1. The van der Waals surface area contributed by atoms with E-state index in [9.17, 15) is 9.50 Å². The maximum Gasteiger partial charge on any atom is 0.165 e. The van der Waals surface area contributed by atoms with Crippen LogP contribution in [0.2, 0.25) is 0 Å². The van der Waals surface area contributed by atoms with Crippen LogP contribution in [0.3, 0.4) is 0 Å². The Hall–Kier alpha value is -1.87. The van der Waals surface area contributed by atoms with Crippen LogP contribution >= 0.6 is 11.3 Å². The Morgan fingerprint density at radius 3 is 2.67 bits per heavy atom. The van der Waals surface area contributed by atoms with Crippen LogP contribution in [0.15, 0.2) is 42.5 Å². The van der Waals surface area contributed by atoms with Crippen molar-refractivity contribution in [1.29, 1.82) is 0 Å². The van der Waals surface area contributed by atoms with E-state index in [2.05, 4.69) is 12.1 Å². The molecule has 0 spiro atoms. The fourth-order valence-electron chi connectivity index (χ4n) is 2.05. The molecule has 90 valence electrons. The molecular formula is C15H11FOS. The van der Waals surface area contributed by atoms with Gasteiger partial charge in [0.05, 0.1) is 0 Å². The van der Waals surface area contributed by atoms with E-state index in [4.69, 9.17) is 0 Å². The minimum atomic E-state index is -0.576. The number of aryl methyl sites for hydroxylation is 1. The van der Waals surface area contributed by atoms with Crippen LogP contribution < -0.4 is 0 Å². The molecule has 0 saturated heterocycles. The molecule has 1 heterocycles. The first-order valence-electron chi connectivity index (χ1n) is 5.63. The average molecular weight is 258 g/mol. The van der Waals surface area contributed by atoms with Gasteiger partial charge in [0, 0.05) is 9.58 Å². The molecule has 0 aliphatic carbocycles. The van der Waals surface area contributed by atoms with Crippen molar-refractivity contribution in [3.8, 4) is 16.2 Å². The molecule has 0 bridgehead atoms. The van der Waals surface area contributed by atoms with Crippen molar-refractivity contribution in [2.75, 3.05) is 0 Å². The van der Waals surface area contributed by atoms with E-state index in [-0.39, 0.29) is 5.75 Å². The lowest BCUT2D eigenvalue weighted by Gasteiger charge is -2.04. The second kappa shape index (κ2) is 4.10. The third kappa shape index (κ3) is 1.77. The Bertz CT molecular complexity index is 697. The summed E-state index contributed by atoms with van der Waals surface area (Å²) in [5, 5.41) is 10.5. The Balaban J connectivity index is 2.22.